The molecule has 1 atom stereocenters. The highest BCUT2D eigenvalue weighted by Crippen LogP contribution is 2.30. The van der Waals surface area contributed by atoms with Crippen LogP contribution in [0.5, 0.6) is 5.75 Å². The zero-order valence-electron chi connectivity index (χ0n) is 8.41. The predicted octanol–water partition coefficient (Wildman–Crippen LogP) is 2.44. The topological polar surface area (TPSA) is 46.2 Å². The highest BCUT2D eigenvalue weighted by Gasteiger charge is 2.21. The van der Waals surface area contributed by atoms with E-state index in [0.717, 1.165) is 5.56 Å². The van der Waals surface area contributed by atoms with Gasteiger partial charge in [-0.25, -0.2) is 0 Å². The van der Waals surface area contributed by atoms with E-state index in [2.05, 4.69) is 20.8 Å². The van der Waals surface area contributed by atoms with Gasteiger partial charge in [0, 0.05) is 6.04 Å². The molecule has 3 N–H and O–H groups in total. The molecule has 1 rings (SSSR count). The van der Waals surface area contributed by atoms with Gasteiger partial charge in [0.1, 0.15) is 5.75 Å². The van der Waals surface area contributed by atoms with E-state index in [9.17, 15) is 0 Å². The Morgan fingerprint density at radius 2 is 1.62 bits per heavy atom. The summed E-state index contributed by atoms with van der Waals surface area (Å²) in [5, 5.41) is 9.10. The van der Waals surface area contributed by atoms with Crippen LogP contribution in [-0.4, -0.2) is 5.11 Å². The van der Waals surface area contributed by atoms with E-state index >= 15 is 0 Å². The molecular formula is C11H17NO. The summed E-state index contributed by atoms with van der Waals surface area (Å²) in [6.07, 6.45) is 0. The number of benzene rings is 1. The summed E-state index contributed by atoms with van der Waals surface area (Å²) in [4.78, 5) is 0. The minimum absolute atomic E-state index is 0.00750. The summed E-state index contributed by atoms with van der Waals surface area (Å²) < 4.78 is 0. The monoisotopic (exact) mass is 179 g/mol. The molecule has 72 valence electrons. The van der Waals surface area contributed by atoms with Crippen molar-refractivity contribution in [3.8, 4) is 5.75 Å². The first-order valence-electron chi connectivity index (χ1n) is 4.46. The van der Waals surface area contributed by atoms with Crippen molar-refractivity contribution in [3.63, 3.8) is 0 Å². The number of hydrogen-bond acceptors (Lipinski definition) is 2. The molecule has 2 nitrogen and oxygen atoms in total. The van der Waals surface area contributed by atoms with Crippen LogP contribution in [-0.2, 0) is 0 Å². The summed E-state index contributed by atoms with van der Waals surface area (Å²) >= 11 is 0. The van der Waals surface area contributed by atoms with Gasteiger partial charge in [0.25, 0.3) is 0 Å². The largest absolute Gasteiger partial charge is 0.508 e. The van der Waals surface area contributed by atoms with Gasteiger partial charge in [-0.2, -0.15) is 0 Å². The third kappa shape index (κ3) is 2.46. The standard InChI is InChI=1S/C11H17NO/c1-11(2,3)10(12)8-4-6-9(13)7-5-8/h4-7,10,13H,12H2,1-3H3/t10-/m0/s1. The van der Waals surface area contributed by atoms with Crippen molar-refractivity contribution < 1.29 is 5.11 Å². The van der Waals surface area contributed by atoms with Gasteiger partial charge in [-0.1, -0.05) is 32.9 Å². The van der Waals surface area contributed by atoms with E-state index < -0.39 is 0 Å². The van der Waals surface area contributed by atoms with Gasteiger partial charge >= 0.3 is 0 Å². The van der Waals surface area contributed by atoms with Gasteiger partial charge < -0.3 is 10.8 Å². The van der Waals surface area contributed by atoms with Crippen LogP contribution in [0.15, 0.2) is 24.3 Å². The number of phenols is 1. The molecular weight excluding hydrogens is 162 g/mol. The van der Waals surface area contributed by atoms with Crippen LogP contribution < -0.4 is 5.73 Å². The smallest absolute Gasteiger partial charge is 0.115 e. The van der Waals surface area contributed by atoms with Crippen molar-refractivity contribution in [2.45, 2.75) is 26.8 Å². The molecule has 0 radical (unpaired) electrons. The number of rotatable bonds is 1. The van der Waals surface area contributed by atoms with Crippen LogP contribution >= 0.6 is 0 Å². The molecule has 2 heteroatoms. The van der Waals surface area contributed by atoms with Crippen LogP contribution in [0.1, 0.15) is 32.4 Å². The lowest BCUT2D eigenvalue weighted by atomic mass is 9.83. The van der Waals surface area contributed by atoms with Crippen LogP contribution in [0.2, 0.25) is 0 Å². The average molecular weight is 179 g/mol. The Bertz CT molecular complexity index is 271. The van der Waals surface area contributed by atoms with E-state index in [1.165, 1.54) is 0 Å². The van der Waals surface area contributed by atoms with E-state index in [0.29, 0.717) is 0 Å². The van der Waals surface area contributed by atoms with Gasteiger partial charge in [-0.15, -0.1) is 0 Å². The van der Waals surface area contributed by atoms with Gasteiger partial charge in [0.2, 0.25) is 0 Å². The quantitative estimate of drug-likeness (QED) is 0.695. The minimum atomic E-state index is 0.00750. The average Bonchev–Trinajstić information content (AvgIpc) is 2.03. The Morgan fingerprint density at radius 1 is 1.15 bits per heavy atom. The lowest BCUT2D eigenvalue weighted by molar-refractivity contribution is 0.326. The molecule has 0 saturated heterocycles. The van der Waals surface area contributed by atoms with Crippen LogP contribution in [0.25, 0.3) is 0 Å². The summed E-state index contributed by atoms with van der Waals surface area (Å²) in [5.41, 5.74) is 7.15. The van der Waals surface area contributed by atoms with Gasteiger partial charge in [0.15, 0.2) is 0 Å². The molecule has 0 heterocycles. The van der Waals surface area contributed by atoms with Crippen molar-refractivity contribution in [3.05, 3.63) is 29.8 Å². The third-order valence-corrected chi connectivity index (χ3v) is 2.19. The fourth-order valence-electron chi connectivity index (χ4n) is 1.18. The number of phenolic OH excluding ortho intramolecular Hbond substituents is 1. The SMILES string of the molecule is CC(C)(C)[C@@H](N)c1ccc(O)cc1. The first-order chi connectivity index (χ1) is 5.91. The zero-order chi connectivity index (χ0) is 10.1. The summed E-state index contributed by atoms with van der Waals surface area (Å²) in [6, 6.07) is 7.08. The van der Waals surface area contributed by atoms with Crippen LogP contribution in [0.3, 0.4) is 0 Å². The molecule has 0 aliphatic heterocycles. The van der Waals surface area contributed by atoms with Gasteiger partial charge in [-0.3, -0.25) is 0 Å². The van der Waals surface area contributed by atoms with Gasteiger partial charge in [-0.05, 0) is 23.1 Å². The van der Waals surface area contributed by atoms with E-state index in [1.54, 1.807) is 12.1 Å². The fraction of sp³-hybridized carbons (Fsp3) is 0.455. The Morgan fingerprint density at radius 3 is 2.00 bits per heavy atom. The molecule has 0 unspecified atom stereocenters. The number of nitrogens with two attached hydrogens (primary N) is 1. The first kappa shape index (κ1) is 10.1. The summed E-state index contributed by atoms with van der Waals surface area (Å²) in [6.45, 7) is 6.31. The van der Waals surface area contributed by atoms with Crippen molar-refractivity contribution in [2.75, 3.05) is 0 Å². The van der Waals surface area contributed by atoms with Crippen molar-refractivity contribution in [2.24, 2.45) is 11.1 Å². The maximum absolute atomic E-state index is 9.10. The fourth-order valence-corrected chi connectivity index (χ4v) is 1.18. The molecule has 0 spiro atoms. The van der Waals surface area contributed by atoms with Gasteiger partial charge in [0.05, 0.1) is 0 Å². The molecule has 0 aliphatic carbocycles. The molecule has 0 aliphatic rings. The second-order valence-corrected chi connectivity index (χ2v) is 4.44. The van der Waals surface area contributed by atoms with E-state index in [4.69, 9.17) is 10.8 Å². The molecule has 0 amide bonds. The predicted molar refractivity (Wildman–Crippen MR) is 54.5 cm³/mol. The third-order valence-electron chi connectivity index (χ3n) is 2.19. The molecule has 0 fully saturated rings. The molecule has 0 bridgehead atoms. The first-order valence-corrected chi connectivity index (χ1v) is 4.46. The molecule has 13 heavy (non-hydrogen) atoms. The normalized spacial score (nSPS) is 14.2. The Labute approximate surface area is 79.4 Å². The zero-order valence-corrected chi connectivity index (χ0v) is 8.41. The Hall–Kier alpha value is -1.02. The molecule has 0 saturated carbocycles. The number of aromatic hydroxyl groups is 1. The van der Waals surface area contributed by atoms with Crippen molar-refractivity contribution >= 4 is 0 Å². The Kier molecular flexibility index (Phi) is 2.62. The summed E-state index contributed by atoms with van der Waals surface area (Å²) in [5.74, 6) is 0.282. The second kappa shape index (κ2) is 3.38. The van der Waals surface area contributed by atoms with E-state index in [1.807, 2.05) is 12.1 Å². The molecule has 0 aromatic heterocycles. The lowest BCUT2D eigenvalue weighted by Crippen LogP contribution is -2.26. The molecule has 1 aromatic rings. The van der Waals surface area contributed by atoms with E-state index in [-0.39, 0.29) is 17.2 Å². The highest BCUT2D eigenvalue weighted by atomic mass is 16.3. The minimum Gasteiger partial charge on any atom is -0.508 e. The maximum atomic E-state index is 9.10. The second-order valence-electron chi connectivity index (χ2n) is 4.44. The molecule has 1 aromatic carbocycles. The van der Waals surface area contributed by atoms with Crippen molar-refractivity contribution in [1.29, 1.82) is 0 Å². The number of hydrogen-bond donors (Lipinski definition) is 2. The maximum Gasteiger partial charge on any atom is 0.115 e. The van der Waals surface area contributed by atoms with Crippen molar-refractivity contribution in [1.82, 2.24) is 0 Å². The lowest BCUT2D eigenvalue weighted by Gasteiger charge is -2.27. The van der Waals surface area contributed by atoms with Crippen LogP contribution in [0.4, 0.5) is 0 Å². The Balaban J connectivity index is 2.90. The van der Waals surface area contributed by atoms with Crippen LogP contribution in [0, 0.1) is 5.41 Å². The highest BCUT2D eigenvalue weighted by molar-refractivity contribution is 5.28. The summed E-state index contributed by atoms with van der Waals surface area (Å²) in [7, 11) is 0.